The maximum Gasteiger partial charge on any atom is 0.241 e. The van der Waals surface area contributed by atoms with E-state index < -0.39 is 0 Å². The molecular weight excluding hydrogens is 216 g/mol. The van der Waals surface area contributed by atoms with Crippen LogP contribution in [0.5, 0.6) is 0 Å². The highest BCUT2D eigenvalue weighted by Crippen LogP contribution is 2.09. The van der Waals surface area contributed by atoms with Crippen LogP contribution in [-0.2, 0) is 9.53 Å². The second kappa shape index (κ2) is 5.29. The second-order valence-electron chi connectivity index (χ2n) is 4.48. The zero-order chi connectivity index (χ0) is 12.3. The minimum absolute atomic E-state index is 0.0132. The Morgan fingerprint density at radius 2 is 2.00 bits per heavy atom. The molecule has 1 fully saturated rings. The van der Waals surface area contributed by atoms with Gasteiger partial charge in [0.1, 0.15) is 0 Å². The lowest BCUT2D eigenvalue weighted by atomic mass is 10.2. The molecule has 1 aromatic rings. The molecule has 0 saturated carbocycles. The van der Waals surface area contributed by atoms with Gasteiger partial charge in [-0.15, -0.1) is 0 Å². The highest BCUT2D eigenvalue weighted by Gasteiger charge is 2.23. The topological polar surface area (TPSA) is 50.4 Å². The number of carbonyl (C=O) groups excluding carboxylic acids is 1. The Labute approximate surface area is 101 Å². The number of aryl methyl sites for hydroxylation is 1. The van der Waals surface area contributed by atoms with E-state index in [1.807, 2.05) is 38.1 Å². The third-order valence-corrected chi connectivity index (χ3v) is 2.84. The van der Waals surface area contributed by atoms with Crippen molar-refractivity contribution in [2.45, 2.75) is 25.9 Å². The fourth-order valence-electron chi connectivity index (χ4n) is 1.65. The summed E-state index contributed by atoms with van der Waals surface area (Å²) in [5.74, 6) is -0.0132. The molecule has 0 bridgehead atoms. The van der Waals surface area contributed by atoms with Crippen LogP contribution in [0.3, 0.4) is 0 Å². The molecule has 1 saturated heterocycles. The monoisotopic (exact) mass is 234 g/mol. The van der Waals surface area contributed by atoms with Gasteiger partial charge < -0.3 is 10.1 Å². The van der Waals surface area contributed by atoms with Crippen LogP contribution < -0.4 is 10.6 Å². The zero-order valence-electron chi connectivity index (χ0n) is 10.2. The molecule has 1 amide bonds. The highest BCUT2D eigenvalue weighted by molar-refractivity contribution is 5.94. The van der Waals surface area contributed by atoms with Crippen LogP contribution in [0.4, 0.5) is 5.69 Å². The molecular formula is C13H18N2O2. The lowest BCUT2D eigenvalue weighted by Crippen LogP contribution is -2.52. The summed E-state index contributed by atoms with van der Waals surface area (Å²) in [6, 6.07) is 7.89. The lowest BCUT2D eigenvalue weighted by Gasteiger charge is -2.29. The van der Waals surface area contributed by atoms with Crippen molar-refractivity contribution in [3.63, 3.8) is 0 Å². The van der Waals surface area contributed by atoms with Gasteiger partial charge in [0, 0.05) is 5.69 Å². The number of anilines is 1. The predicted octanol–water partition coefficient (Wildman–Crippen LogP) is 1.31. The minimum atomic E-state index is -0.204. The fraction of sp³-hybridized carbons (Fsp3) is 0.462. The number of ether oxygens (including phenoxy) is 1. The average Bonchev–Trinajstić information content (AvgIpc) is 2.26. The molecule has 2 rings (SSSR count). The number of benzene rings is 1. The standard InChI is InChI=1S/C13H18N2O2/c1-9-3-5-11(6-4-9)15-13(16)10(2)14-12-7-17-8-12/h3-6,10,12,14H,7-8H2,1-2H3,(H,15,16). The Hall–Kier alpha value is -1.39. The van der Waals surface area contributed by atoms with Gasteiger partial charge >= 0.3 is 0 Å². The predicted molar refractivity (Wildman–Crippen MR) is 67.0 cm³/mol. The van der Waals surface area contributed by atoms with Gasteiger partial charge in [0.15, 0.2) is 0 Å². The summed E-state index contributed by atoms with van der Waals surface area (Å²) in [4.78, 5) is 11.9. The Kier molecular flexibility index (Phi) is 3.76. The maximum atomic E-state index is 11.9. The van der Waals surface area contributed by atoms with Crippen molar-refractivity contribution in [1.29, 1.82) is 0 Å². The first-order valence-electron chi connectivity index (χ1n) is 5.86. The molecule has 1 aliphatic heterocycles. The third kappa shape index (κ3) is 3.28. The number of carbonyl (C=O) groups is 1. The van der Waals surface area contributed by atoms with Crippen LogP contribution in [-0.4, -0.2) is 31.2 Å². The van der Waals surface area contributed by atoms with Gasteiger partial charge in [0.2, 0.25) is 5.91 Å². The summed E-state index contributed by atoms with van der Waals surface area (Å²) in [5, 5.41) is 6.09. The van der Waals surface area contributed by atoms with E-state index in [4.69, 9.17) is 4.74 Å². The molecule has 1 aromatic carbocycles. The summed E-state index contributed by atoms with van der Waals surface area (Å²) < 4.78 is 5.05. The molecule has 4 nitrogen and oxygen atoms in total. The Morgan fingerprint density at radius 3 is 2.53 bits per heavy atom. The van der Waals surface area contributed by atoms with E-state index >= 15 is 0 Å². The largest absolute Gasteiger partial charge is 0.378 e. The van der Waals surface area contributed by atoms with Crippen molar-refractivity contribution in [2.24, 2.45) is 0 Å². The van der Waals surface area contributed by atoms with Gasteiger partial charge in [0.25, 0.3) is 0 Å². The van der Waals surface area contributed by atoms with Crippen LogP contribution >= 0.6 is 0 Å². The van der Waals surface area contributed by atoms with Gasteiger partial charge in [-0.3, -0.25) is 10.1 Å². The molecule has 0 radical (unpaired) electrons. The summed E-state index contributed by atoms with van der Waals surface area (Å²) in [6.07, 6.45) is 0. The Balaban J connectivity index is 1.84. The van der Waals surface area contributed by atoms with Crippen molar-refractivity contribution < 1.29 is 9.53 Å². The quantitative estimate of drug-likeness (QED) is 0.826. The molecule has 0 aliphatic carbocycles. The molecule has 2 N–H and O–H groups in total. The zero-order valence-corrected chi connectivity index (χ0v) is 10.2. The van der Waals surface area contributed by atoms with Crippen molar-refractivity contribution in [1.82, 2.24) is 5.32 Å². The number of amides is 1. The van der Waals surface area contributed by atoms with Crippen LogP contribution in [0.2, 0.25) is 0 Å². The Morgan fingerprint density at radius 1 is 1.35 bits per heavy atom. The van der Waals surface area contributed by atoms with Crippen LogP contribution in [0, 0.1) is 6.92 Å². The van der Waals surface area contributed by atoms with Crippen LogP contribution in [0.1, 0.15) is 12.5 Å². The van der Waals surface area contributed by atoms with Gasteiger partial charge in [-0.25, -0.2) is 0 Å². The minimum Gasteiger partial charge on any atom is -0.378 e. The number of hydrogen-bond acceptors (Lipinski definition) is 3. The van der Waals surface area contributed by atoms with Crippen LogP contribution in [0.15, 0.2) is 24.3 Å². The molecule has 1 unspecified atom stereocenters. The summed E-state index contributed by atoms with van der Waals surface area (Å²) in [6.45, 7) is 5.28. The number of rotatable bonds is 4. The molecule has 0 aromatic heterocycles. The van der Waals surface area contributed by atoms with Crippen molar-refractivity contribution in [2.75, 3.05) is 18.5 Å². The average molecular weight is 234 g/mol. The van der Waals surface area contributed by atoms with Gasteiger partial charge in [-0.05, 0) is 26.0 Å². The van der Waals surface area contributed by atoms with Crippen LogP contribution in [0.25, 0.3) is 0 Å². The molecule has 17 heavy (non-hydrogen) atoms. The van der Waals surface area contributed by atoms with E-state index in [-0.39, 0.29) is 11.9 Å². The summed E-state index contributed by atoms with van der Waals surface area (Å²) in [7, 11) is 0. The van der Waals surface area contributed by atoms with E-state index in [9.17, 15) is 4.79 Å². The molecule has 92 valence electrons. The highest BCUT2D eigenvalue weighted by atomic mass is 16.5. The number of nitrogens with one attached hydrogen (secondary N) is 2. The van der Waals surface area contributed by atoms with E-state index in [2.05, 4.69) is 10.6 Å². The van der Waals surface area contributed by atoms with E-state index in [0.29, 0.717) is 19.3 Å². The molecule has 1 atom stereocenters. The van der Waals surface area contributed by atoms with E-state index in [0.717, 1.165) is 5.69 Å². The third-order valence-electron chi connectivity index (χ3n) is 2.84. The van der Waals surface area contributed by atoms with E-state index in [1.165, 1.54) is 5.56 Å². The second-order valence-corrected chi connectivity index (χ2v) is 4.48. The SMILES string of the molecule is Cc1ccc(NC(=O)C(C)NC2COC2)cc1. The Bertz CT molecular complexity index is 385. The summed E-state index contributed by atoms with van der Waals surface area (Å²) in [5.41, 5.74) is 2.01. The normalized spacial score (nSPS) is 17.3. The van der Waals surface area contributed by atoms with Crippen molar-refractivity contribution >= 4 is 11.6 Å². The molecule has 1 aliphatic rings. The summed E-state index contributed by atoms with van der Waals surface area (Å²) >= 11 is 0. The van der Waals surface area contributed by atoms with Crippen molar-refractivity contribution in [3.05, 3.63) is 29.8 Å². The molecule has 4 heteroatoms. The molecule has 1 heterocycles. The first kappa shape index (κ1) is 12.1. The fourth-order valence-corrected chi connectivity index (χ4v) is 1.65. The number of hydrogen-bond donors (Lipinski definition) is 2. The van der Waals surface area contributed by atoms with Crippen molar-refractivity contribution in [3.8, 4) is 0 Å². The first-order valence-corrected chi connectivity index (χ1v) is 5.86. The van der Waals surface area contributed by atoms with E-state index in [1.54, 1.807) is 0 Å². The van der Waals surface area contributed by atoms with Gasteiger partial charge in [-0.2, -0.15) is 0 Å². The molecule has 0 spiro atoms. The first-order chi connectivity index (χ1) is 8.15. The van der Waals surface area contributed by atoms with Gasteiger partial charge in [-0.1, -0.05) is 17.7 Å². The van der Waals surface area contributed by atoms with Gasteiger partial charge in [0.05, 0.1) is 25.3 Å². The smallest absolute Gasteiger partial charge is 0.241 e. The lowest BCUT2D eigenvalue weighted by molar-refractivity contribution is -0.118. The maximum absolute atomic E-state index is 11.9.